The second kappa shape index (κ2) is 6.44. The first kappa shape index (κ1) is 16.6. The molecule has 2 fully saturated rings. The van der Waals surface area contributed by atoms with Crippen LogP contribution in [0.5, 0.6) is 0 Å². The topological polar surface area (TPSA) is 81.1 Å². The predicted molar refractivity (Wildman–Crippen MR) is 97.2 cm³/mol. The first-order chi connectivity index (χ1) is 12.0. The van der Waals surface area contributed by atoms with Gasteiger partial charge in [0.05, 0.1) is 22.5 Å². The number of rotatable bonds is 4. The maximum absolute atomic E-state index is 12.5. The Labute approximate surface area is 147 Å². The zero-order valence-electron chi connectivity index (χ0n) is 14.1. The minimum absolute atomic E-state index is 0.0747. The Morgan fingerprint density at radius 2 is 1.96 bits per heavy atom. The monoisotopic (exact) mass is 361 g/mol. The number of fused-ring (bicyclic) bond motifs is 1. The van der Waals surface area contributed by atoms with Crippen LogP contribution in [0.2, 0.25) is 0 Å². The molecule has 0 spiro atoms. The molecule has 1 N–H and O–H groups in total. The first-order valence-corrected chi connectivity index (χ1v) is 10.8. The Hall–Kier alpha value is -1.89. The summed E-state index contributed by atoms with van der Waals surface area (Å²) in [6, 6.07) is 8.31. The van der Waals surface area contributed by atoms with Crippen LogP contribution in [0.3, 0.4) is 0 Å². The molecular weight excluding hydrogens is 338 g/mol. The molecule has 4 rings (SSSR count). The zero-order chi connectivity index (χ0) is 17.4. The Morgan fingerprint density at radius 1 is 1.20 bits per heavy atom. The fourth-order valence-electron chi connectivity index (χ4n) is 4.14. The number of nitrogens with one attached hydrogen (secondary N) is 1. The van der Waals surface area contributed by atoms with Gasteiger partial charge in [0.25, 0.3) is 0 Å². The molecule has 1 aromatic carbocycles. The van der Waals surface area contributed by atoms with Gasteiger partial charge < -0.3 is 4.57 Å². The lowest BCUT2D eigenvalue weighted by atomic mass is 10.1. The van der Waals surface area contributed by atoms with Crippen molar-refractivity contribution in [2.24, 2.45) is 5.92 Å². The minimum Gasteiger partial charge on any atom is -0.307 e. The minimum atomic E-state index is -2.96. The summed E-state index contributed by atoms with van der Waals surface area (Å²) in [7, 11) is -2.96. The lowest BCUT2D eigenvalue weighted by Crippen LogP contribution is -2.20. The third kappa shape index (κ3) is 3.42. The highest BCUT2D eigenvalue weighted by Crippen LogP contribution is 2.35. The third-order valence-electron chi connectivity index (χ3n) is 5.34. The van der Waals surface area contributed by atoms with E-state index < -0.39 is 9.84 Å². The molecule has 2 heterocycles. The van der Waals surface area contributed by atoms with E-state index in [1.54, 1.807) is 0 Å². The van der Waals surface area contributed by atoms with Crippen molar-refractivity contribution in [3.63, 3.8) is 0 Å². The molecule has 1 amide bonds. The van der Waals surface area contributed by atoms with E-state index in [9.17, 15) is 13.2 Å². The number of sulfone groups is 1. The summed E-state index contributed by atoms with van der Waals surface area (Å²) in [6.07, 6.45) is 5.42. The highest BCUT2D eigenvalue weighted by Gasteiger charge is 2.30. The van der Waals surface area contributed by atoms with E-state index in [0.717, 1.165) is 23.9 Å². The van der Waals surface area contributed by atoms with Crippen LogP contribution in [-0.4, -0.2) is 35.4 Å². The molecule has 1 aliphatic carbocycles. The van der Waals surface area contributed by atoms with Crippen LogP contribution in [0.15, 0.2) is 24.3 Å². The van der Waals surface area contributed by atoms with Gasteiger partial charge in [-0.15, -0.1) is 0 Å². The summed E-state index contributed by atoms with van der Waals surface area (Å²) in [5.74, 6) is 0.704. The highest BCUT2D eigenvalue weighted by molar-refractivity contribution is 7.91. The fraction of sp³-hybridized carbons (Fsp3) is 0.556. The van der Waals surface area contributed by atoms with Crippen molar-refractivity contribution >= 4 is 32.7 Å². The quantitative estimate of drug-likeness (QED) is 0.908. The van der Waals surface area contributed by atoms with Crippen molar-refractivity contribution < 1.29 is 13.2 Å². The summed E-state index contributed by atoms with van der Waals surface area (Å²) in [6.45, 7) is 0. The normalized spacial score (nSPS) is 23.3. The van der Waals surface area contributed by atoms with Crippen LogP contribution in [0, 0.1) is 5.92 Å². The Morgan fingerprint density at radius 3 is 2.68 bits per heavy atom. The SMILES string of the molecule is O=C(CC1CCS(=O)(=O)C1)Nc1nc2ccccc2n1C1CCCC1. The molecule has 0 radical (unpaired) electrons. The Kier molecular flexibility index (Phi) is 4.27. The predicted octanol–water partition coefficient (Wildman–Crippen LogP) is 2.91. The van der Waals surface area contributed by atoms with Crippen LogP contribution in [0.1, 0.15) is 44.6 Å². The van der Waals surface area contributed by atoms with E-state index in [1.165, 1.54) is 12.8 Å². The van der Waals surface area contributed by atoms with Gasteiger partial charge in [0.15, 0.2) is 9.84 Å². The number of para-hydroxylation sites is 2. The molecule has 2 aromatic rings. The van der Waals surface area contributed by atoms with Gasteiger partial charge in [0.1, 0.15) is 0 Å². The van der Waals surface area contributed by atoms with Gasteiger partial charge in [-0.3, -0.25) is 10.1 Å². The highest BCUT2D eigenvalue weighted by atomic mass is 32.2. The van der Waals surface area contributed by atoms with Crippen LogP contribution in [0.25, 0.3) is 11.0 Å². The zero-order valence-corrected chi connectivity index (χ0v) is 15.0. The van der Waals surface area contributed by atoms with Gasteiger partial charge in [0, 0.05) is 12.5 Å². The number of benzene rings is 1. The lowest BCUT2D eigenvalue weighted by molar-refractivity contribution is -0.117. The average Bonchev–Trinajstić information content (AvgIpc) is 3.25. The summed E-state index contributed by atoms with van der Waals surface area (Å²) < 4.78 is 25.3. The Balaban J connectivity index is 1.56. The smallest absolute Gasteiger partial charge is 0.226 e. The van der Waals surface area contributed by atoms with Gasteiger partial charge in [-0.1, -0.05) is 25.0 Å². The molecule has 7 heteroatoms. The molecule has 1 unspecified atom stereocenters. The van der Waals surface area contributed by atoms with Crippen molar-refractivity contribution in [3.8, 4) is 0 Å². The molecular formula is C18H23N3O3S. The molecule has 1 saturated carbocycles. The maximum atomic E-state index is 12.5. The Bertz CT molecular complexity index is 897. The van der Waals surface area contributed by atoms with Crippen molar-refractivity contribution in [2.75, 3.05) is 16.8 Å². The number of carbonyl (C=O) groups is 1. The van der Waals surface area contributed by atoms with Gasteiger partial charge in [-0.25, -0.2) is 13.4 Å². The van der Waals surface area contributed by atoms with E-state index in [4.69, 9.17) is 0 Å². The first-order valence-electron chi connectivity index (χ1n) is 8.99. The van der Waals surface area contributed by atoms with E-state index in [1.807, 2.05) is 24.3 Å². The largest absolute Gasteiger partial charge is 0.307 e. The number of anilines is 1. The second-order valence-corrected chi connectivity index (χ2v) is 9.48. The van der Waals surface area contributed by atoms with Crippen LogP contribution < -0.4 is 5.32 Å². The van der Waals surface area contributed by atoms with Crippen LogP contribution >= 0.6 is 0 Å². The van der Waals surface area contributed by atoms with Gasteiger partial charge in [0.2, 0.25) is 11.9 Å². The lowest BCUT2D eigenvalue weighted by Gasteiger charge is -2.17. The van der Waals surface area contributed by atoms with E-state index in [0.29, 0.717) is 18.4 Å². The molecule has 1 aliphatic heterocycles. The molecule has 1 saturated heterocycles. The molecule has 2 aliphatic rings. The number of amides is 1. The molecule has 0 bridgehead atoms. The van der Waals surface area contributed by atoms with E-state index in [-0.39, 0.29) is 29.8 Å². The van der Waals surface area contributed by atoms with Crippen molar-refractivity contribution in [1.82, 2.24) is 9.55 Å². The summed E-state index contributed by atoms with van der Waals surface area (Å²) in [5.41, 5.74) is 1.93. The number of aromatic nitrogens is 2. The molecule has 6 nitrogen and oxygen atoms in total. The summed E-state index contributed by atoms with van der Waals surface area (Å²) in [5, 5.41) is 2.95. The number of hydrogen-bond acceptors (Lipinski definition) is 4. The van der Waals surface area contributed by atoms with Crippen molar-refractivity contribution in [1.29, 1.82) is 0 Å². The van der Waals surface area contributed by atoms with Crippen molar-refractivity contribution in [3.05, 3.63) is 24.3 Å². The molecule has 25 heavy (non-hydrogen) atoms. The van der Waals surface area contributed by atoms with E-state index >= 15 is 0 Å². The number of nitrogens with zero attached hydrogens (tertiary/aromatic N) is 2. The number of hydrogen-bond donors (Lipinski definition) is 1. The molecule has 134 valence electrons. The number of imidazole rings is 1. The van der Waals surface area contributed by atoms with E-state index in [2.05, 4.69) is 14.9 Å². The summed E-state index contributed by atoms with van der Waals surface area (Å²) in [4.78, 5) is 17.1. The third-order valence-corrected chi connectivity index (χ3v) is 7.17. The fourth-order valence-corrected chi connectivity index (χ4v) is 6.00. The van der Waals surface area contributed by atoms with Gasteiger partial charge in [-0.05, 0) is 37.3 Å². The van der Waals surface area contributed by atoms with Crippen LogP contribution in [-0.2, 0) is 14.6 Å². The molecule has 1 atom stereocenters. The van der Waals surface area contributed by atoms with Crippen molar-refractivity contribution in [2.45, 2.75) is 44.6 Å². The van der Waals surface area contributed by atoms with Crippen LogP contribution in [0.4, 0.5) is 5.95 Å². The van der Waals surface area contributed by atoms with Gasteiger partial charge in [-0.2, -0.15) is 0 Å². The average molecular weight is 361 g/mol. The maximum Gasteiger partial charge on any atom is 0.226 e. The van der Waals surface area contributed by atoms with Gasteiger partial charge >= 0.3 is 0 Å². The number of carbonyl (C=O) groups excluding carboxylic acids is 1. The second-order valence-electron chi connectivity index (χ2n) is 7.25. The summed E-state index contributed by atoms with van der Waals surface area (Å²) >= 11 is 0. The standard InChI is InChI=1S/C18H23N3O3S/c22-17(11-13-9-10-25(23,24)12-13)20-18-19-15-7-3-4-8-16(15)21(18)14-5-1-2-6-14/h3-4,7-8,13-14H,1-2,5-6,9-12H2,(H,19,20,22). The molecule has 1 aromatic heterocycles.